The molecule has 3 aromatic carbocycles. The molecule has 0 amide bonds. The standard InChI is InChI=1S/C24H27FOSi/c1-19(2)18-24(26,20-14-16-21(25)17-15-20)27(3,22-10-6-4-7-11-22)23-12-8-5-9-13-23/h4-17,19,26H,18H2,1-3H3. The van der Waals surface area contributed by atoms with Gasteiger partial charge in [0.1, 0.15) is 5.82 Å². The first kappa shape index (κ1) is 19.5. The summed E-state index contributed by atoms with van der Waals surface area (Å²) in [6, 6.07) is 27.0. The van der Waals surface area contributed by atoms with Gasteiger partial charge in [0.25, 0.3) is 0 Å². The van der Waals surface area contributed by atoms with E-state index in [1.54, 1.807) is 12.1 Å². The molecule has 0 fully saturated rings. The van der Waals surface area contributed by atoms with Crippen LogP contribution in [0.15, 0.2) is 84.9 Å². The molecule has 0 saturated carbocycles. The topological polar surface area (TPSA) is 20.2 Å². The van der Waals surface area contributed by atoms with Crippen LogP contribution in [-0.4, -0.2) is 13.2 Å². The summed E-state index contributed by atoms with van der Waals surface area (Å²) in [6.45, 7) is 6.47. The first-order valence-electron chi connectivity index (χ1n) is 9.47. The molecule has 27 heavy (non-hydrogen) atoms. The molecule has 1 nitrogen and oxygen atoms in total. The lowest BCUT2D eigenvalue weighted by atomic mass is 9.98. The molecule has 0 bridgehead atoms. The molecule has 0 radical (unpaired) electrons. The fraction of sp³-hybridized carbons (Fsp3) is 0.250. The van der Waals surface area contributed by atoms with E-state index in [0.29, 0.717) is 12.3 Å². The summed E-state index contributed by atoms with van der Waals surface area (Å²) in [5.41, 5.74) is 0.791. The predicted octanol–water partition coefficient (Wildman–Crippen LogP) is 4.49. The quantitative estimate of drug-likeness (QED) is 0.627. The highest BCUT2D eigenvalue weighted by Crippen LogP contribution is 2.37. The van der Waals surface area contributed by atoms with E-state index in [9.17, 15) is 9.50 Å². The van der Waals surface area contributed by atoms with Crippen molar-refractivity contribution < 1.29 is 9.50 Å². The zero-order valence-corrected chi connectivity index (χ0v) is 17.2. The van der Waals surface area contributed by atoms with E-state index >= 15 is 0 Å². The van der Waals surface area contributed by atoms with Crippen molar-refractivity contribution in [1.29, 1.82) is 0 Å². The number of hydrogen-bond acceptors (Lipinski definition) is 1. The van der Waals surface area contributed by atoms with Crippen molar-refractivity contribution in [3.05, 3.63) is 96.3 Å². The molecule has 1 unspecified atom stereocenters. The molecule has 0 saturated heterocycles. The second-order valence-electron chi connectivity index (χ2n) is 7.82. The number of halogens is 1. The van der Waals surface area contributed by atoms with Crippen LogP contribution in [0.4, 0.5) is 4.39 Å². The Bertz CT molecular complexity index is 822. The minimum absolute atomic E-state index is 0.284. The second kappa shape index (κ2) is 7.79. The van der Waals surface area contributed by atoms with Crippen LogP contribution in [0.5, 0.6) is 0 Å². The Labute approximate surface area is 162 Å². The van der Waals surface area contributed by atoms with Gasteiger partial charge in [-0.2, -0.15) is 0 Å². The van der Waals surface area contributed by atoms with E-state index in [1.807, 2.05) is 36.4 Å². The summed E-state index contributed by atoms with van der Waals surface area (Å²) >= 11 is 0. The van der Waals surface area contributed by atoms with Crippen LogP contribution in [0, 0.1) is 11.7 Å². The van der Waals surface area contributed by atoms with Crippen LogP contribution in [0.1, 0.15) is 25.8 Å². The molecule has 0 aliphatic carbocycles. The molecule has 0 aliphatic rings. The van der Waals surface area contributed by atoms with Crippen LogP contribution in [0.3, 0.4) is 0 Å². The highest BCUT2D eigenvalue weighted by Gasteiger charge is 2.52. The Morgan fingerprint density at radius 3 is 1.67 bits per heavy atom. The van der Waals surface area contributed by atoms with E-state index in [4.69, 9.17) is 0 Å². The van der Waals surface area contributed by atoms with E-state index in [2.05, 4.69) is 44.7 Å². The molecular weight excluding hydrogens is 351 g/mol. The van der Waals surface area contributed by atoms with Crippen molar-refractivity contribution in [3.63, 3.8) is 0 Å². The third-order valence-electron chi connectivity index (χ3n) is 5.55. The van der Waals surface area contributed by atoms with Gasteiger partial charge in [0, 0.05) is 0 Å². The van der Waals surface area contributed by atoms with E-state index in [0.717, 1.165) is 5.56 Å². The van der Waals surface area contributed by atoms with Crippen molar-refractivity contribution in [3.8, 4) is 0 Å². The van der Waals surface area contributed by atoms with Crippen LogP contribution in [0.2, 0.25) is 6.55 Å². The third-order valence-corrected chi connectivity index (χ3v) is 10.7. The summed E-state index contributed by atoms with van der Waals surface area (Å²) in [5, 5.41) is 13.6. The van der Waals surface area contributed by atoms with Crippen molar-refractivity contribution in [2.75, 3.05) is 0 Å². The van der Waals surface area contributed by atoms with Gasteiger partial charge in [-0.05, 0) is 30.0 Å². The lowest BCUT2D eigenvalue weighted by Gasteiger charge is -2.46. The highest BCUT2D eigenvalue weighted by molar-refractivity contribution is 7.03. The summed E-state index contributed by atoms with van der Waals surface area (Å²) in [5.74, 6) is 0.00717. The van der Waals surface area contributed by atoms with Crippen molar-refractivity contribution in [2.24, 2.45) is 5.92 Å². The Kier molecular flexibility index (Phi) is 5.63. The van der Waals surface area contributed by atoms with Crippen LogP contribution < -0.4 is 10.4 Å². The average molecular weight is 379 g/mol. The third kappa shape index (κ3) is 3.62. The molecule has 3 rings (SSSR count). The molecule has 0 aliphatic heterocycles. The Morgan fingerprint density at radius 1 is 0.815 bits per heavy atom. The molecule has 3 aromatic rings. The van der Waals surface area contributed by atoms with Crippen molar-refractivity contribution in [2.45, 2.75) is 32.0 Å². The van der Waals surface area contributed by atoms with Crippen LogP contribution in [-0.2, 0) is 5.22 Å². The van der Waals surface area contributed by atoms with Gasteiger partial charge in [0.2, 0.25) is 0 Å². The minimum Gasteiger partial charge on any atom is -0.388 e. The van der Waals surface area contributed by atoms with Crippen LogP contribution >= 0.6 is 0 Å². The van der Waals surface area contributed by atoms with Crippen molar-refractivity contribution >= 4 is 18.4 Å². The van der Waals surface area contributed by atoms with Gasteiger partial charge in [-0.3, -0.25) is 0 Å². The normalized spacial score (nSPS) is 14.1. The lowest BCUT2D eigenvalue weighted by Crippen LogP contribution is -2.70. The van der Waals surface area contributed by atoms with Gasteiger partial charge in [-0.15, -0.1) is 0 Å². The van der Waals surface area contributed by atoms with Gasteiger partial charge >= 0.3 is 0 Å². The molecule has 1 N–H and O–H groups in total. The molecule has 0 heterocycles. The molecule has 1 atom stereocenters. The lowest BCUT2D eigenvalue weighted by molar-refractivity contribution is 0.0922. The van der Waals surface area contributed by atoms with E-state index in [1.165, 1.54) is 22.5 Å². The Morgan fingerprint density at radius 2 is 1.26 bits per heavy atom. The summed E-state index contributed by atoms with van der Waals surface area (Å²) in [6.07, 6.45) is 0.616. The Balaban J connectivity index is 2.30. The maximum atomic E-state index is 13.6. The molecule has 3 heteroatoms. The SMILES string of the molecule is CC(C)CC(O)(c1ccc(F)cc1)[Si](C)(c1ccccc1)c1ccccc1. The number of benzene rings is 3. The largest absolute Gasteiger partial charge is 0.388 e. The van der Waals surface area contributed by atoms with Gasteiger partial charge in [0.05, 0.1) is 5.22 Å². The number of rotatable bonds is 6. The van der Waals surface area contributed by atoms with E-state index in [-0.39, 0.29) is 5.82 Å². The highest BCUT2D eigenvalue weighted by atomic mass is 28.3. The minimum atomic E-state index is -2.64. The first-order valence-corrected chi connectivity index (χ1v) is 12.0. The Hall–Kier alpha value is -2.23. The number of aliphatic hydroxyl groups is 1. The van der Waals surface area contributed by atoms with Crippen molar-refractivity contribution in [1.82, 2.24) is 0 Å². The maximum Gasteiger partial charge on any atom is 0.154 e. The van der Waals surface area contributed by atoms with Gasteiger partial charge < -0.3 is 5.11 Å². The van der Waals surface area contributed by atoms with Gasteiger partial charge in [-0.1, -0.05) is 104 Å². The molecule has 140 valence electrons. The van der Waals surface area contributed by atoms with Gasteiger partial charge in [-0.25, -0.2) is 4.39 Å². The zero-order valence-electron chi connectivity index (χ0n) is 16.2. The van der Waals surface area contributed by atoms with E-state index < -0.39 is 13.3 Å². The summed E-state index contributed by atoms with van der Waals surface area (Å²) in [4.78, 5) is 0. The second-order valence-corrected chi connectivity index (χ2v) is 12.1. The zero-order chi connectivity index (χ0) is 19.5. The van der Waals surface area contributed by atoms with Crippen LogP contribution in [0.25, 0.3) is 0 Å². The molecular formula is C24H27FOSi. The first-order chi connectivity index (χ1) is 12.9. The summed E-state index contributed by atoms with van der Waals surface area (Å²) < 4.78 is 13.6. The monoisotopic (exact) mass is 378 g/mol. The molecule has 0 spiro atoms. The fourth-order valence-electron chi connectivity index (χ4n) is 4.11. The smallest absolute Gasteiger partial charge is 0.154 e. The predicted molar refractivity (Wildman–Crippen MR) is 114 cm³/mol. The average Bonchev–Trinajstić information content (AvgIpc) is 2.68. The maximum absolute atomic E-state index is 13.6. The molecule has 0 aromatic heterocycles. The number of hydrogen-bond donors (Lipinski definition) is 1. The van der Waals surface area contributed by atoms with Gasteiger partial charge in [0.15, 0.2) is 8.07 Å². The fourth-order valence-corrected chi connectivity index (χ4v) is 8.68. The summed E-state index contributed by atoms with van der Waals surface area (Å²) in [7, 11) is -2.64.